The Labute approximate surface area is 530 Å². The summed E-state index contributed by atoms with van der Waals surface area (Å²) in [5, 5.41) is 19.3. The van der Waals surface area contributed by atoms with E-state index >= 15 is 0 Å². The smallest absolute Gasteiger partial charge is 0.0877 e. The summed E-state index contributed by atoms with van der Waals surface area (Å²) in [5.41, 5.74) is 9.79. The minimum absolute atomic E-state index is 0. The summed E-state index contributed by atoms with van der Waals surface area (Å²) in [6, 6.07) is 79.1. The number of pyridine rings is 5. The molecule has 6 aromatic carbocycles. The zero-order valence-electron chi connectivity index (χ0n) is 42.7. The first kappa shape index (κ1) is 71.0. The number of aliphatic hydroxyl groups is 2. The van der Waals surface area contributed by atoms with E-state index in [9.17, 15) is 8.78 Å². The van der Waals surface area contributed by atoms with E-state index in [2.05, 4.69) is 67.4 Å². The molecule has 1 atom stereocenters. The second-order valence-electron chi connectivity index (χ2n) is 15.9. The van der Waals surface area contributed by atoms with Crippen molar-refractivity contribution in [2.45, 2.75) is 26.9 Å². The summed E-state index contributed by atoms with van der Waals surface area (Å²) in [7, 11) is 0. The van der Waals surface area contributed by atoms with Gasteiger partial charge in [0.15, 0.2) is 0 Å². The molecule has 11 aromatic rings. The second kappa shape index (κ2) is 40.2. The van der Waals surface area contributed by atoms with Crippen LogP contribution in [0.5, 0.6) is 0 Å². The van der Waals surface area contributed by atoms with Crippen LogP contribution in [0, 0.1) is 48.9 Å². The van der Waals surface area contributed by atoms with Gasteiger partial charge in [-0.15, -0.1) is 162 Å². The molecule has 0 bridgehead atoms. The predicted molar refractivity (Wildman–Crippen MR) is 293 cm³/mol. The normalized spacial score (nSPS) is 9.97. The maximum Gasteiger partial charge on any atom is 0.0877 e. The molecule has 413 valence electrons. The monoisotopic (exact) mass is 1940 g/mol. The fourth-order valence-electron chi connectivity index (χ4n) is 6.75. The summed E-state index contributed by atoms with van der Waals surface area (Å²) >= 11 is 0. The van der Waals surface area contributed by atoms with Gasteiger partial charge in [0.1, 0.15) is 0 Å². The summed E-state index contributed by atoms with van der Waals surface area (Å²) < 4.78 is 25.9. The Bertz CT molecular complexity index is 3200. The SMILES string of the molecule is CC(O)=CC(C)O.Cc1ccnc(-c2[c-]cccc2F)c1.Fc1c[c-]c(-c2ccccn2)cc1.[Ir].[Ir].[Ir].[Ir].[Ir].[c-]1ccccc1-c1ccccn1.[c-]1ccccc1-c1ccccn1.[c-]1ccccc1-c1nccc2ccccc12. The van der Waals surface area contributed by atoms with Gasteiger partial charge in [-0.1, -0.05) is 77.9 Å². The Morgan fingerprint density at radius 1 is 0.468 bits per heavy atom. The average molecular weight is 1930 g/mol. The van der Waals surface area contributed by atoms with Crippen LogP contribution in [0.3, 0.4) is 0 Å². The number of hydrogen-bond acceptors (Lipinski definition) is 7. The number of halogens is 2. The van der Waals surface area contributed by atoms with Crippen LogP contribution >= 0.6 is 0 Å². The van der Waals surface area contributed by atoms with Gasteiger partial charge in [0, 0.05) is 143 Å². The molecule has 0 saturated heterocycles. The molecule has 0 aliphatic carbocycles. The Morgan fingerprint density at radius 2 is 0.937 bits per heavy atom. The van der Waals surface area contributed by atoms with Gasteiger partial charge in [0.25, 0.3) is 0 Å². The number of aromatic nitrogens is 5. The summed E-state index contributed by atoms with van der Waals surface area (Å²) in [4.78, 5) is 21.1. The van der Waals surface area contributed by atoms with Crippen molar-refractivity contribution in [1.29, 1.82) is 0 Å². The van der Waals surface area contributed by atoms with Gasteiger partial charge in [-0.05, 0) is 96.4 Å². The largest absolute Gasteiger partial charge is 0.513 e. The molecular formula is C65H52F2Ir5N5O2-5. The quantitative estimate of drug-likeness (QED) is 0.126. The van der Waals surface area contributed by atoms with Crippen molar-refractivity contribution >= 4 is 10.8 Å². The molecule has 0 aliphatic rings. The van der Waals surface area contributed by atoms with Crippen molar-refractivity contribution in [3.8, 4) is 56.3 Å². The molecule has 5 aromatic heterocycles. The van der Waals surface area contributed by atoms with E-state index in [0.29, 0.717) is 11.3 Å². The molecule has 7 nitrogen and oxygen atoms in total. The van der Waals surface area contributed by atoms with E-state index in [1.54, 1.807) is 49.9 Å². The molecule has 14 heteroatoms. The van der Waals surface area contributed by atoms with Crippen LogP contribution in [0.2, 0.25) is 0 Å². The molecule has 11 rings (SSSR count). The van der Waals surface area contributed by atoms with Crippen molar-refractivity contribution in [3.05, 3.63) is 297 Å². The Morgan fingerprint density at radius 3 is 1.37 bits per heavy atom. The summed E-state index contributed by atoms with van der Waals surface area (Å²) in [6.45, 7) is 5.05. The molecule has 2 N–H and O–H groups in total. The van der Waals surface area contributed by atoms with Crippen LogP contribution in [0.1, 0.15) is 19.4 Å². The predicted octanol–water partition coefficient (Wildman–Crippen LogP) is 15.3. The fourth-order valence-corrected chi connectivity index (χ4v) is 6.75. The summed E-state index contributed by atoms with van der Waals surface area (Å²) in [6.07, 6.45) is 9.62. The third-order valence-corrected chi connectivity index (χ3v) is 10.1. The maximum atomic E-state index is 13.3. The van der Waals surface area contributed by atoms with Gasteiger partial charge in [0.2, 0.25) is 0 Å². The van der Waals surface area contributed by atoms with E-state index in [-0.39, 0.29) is 118 Å². The first-order chi connectivity index (χ1) is 36.1. The maximum absolute atomic E-state index is 13.3. The van der Waals surface area contributed by atoms with Crippen LogP contribution in [-0.2, 0) is 101 Å². The van der Waals surface area contributed by atoms with Crippen LogP contribution in [-0.4, -0.2) is 41.2 Å². The third-order valence-electron chi connectivity index (χ3n) is 10.1. The number of hydrogen-bond donors (Lipinski definition) is 2. The minimum atomic E-state index is -0.537. The van der Waals surface area contributed by atoms with Gasteiger partial charge in [-0.2, -0.15) is 0 Å². The molecule has 5 heterocycles. The van der Waals surface area contributed by atoms with Crippen molar-refractivity contribution < 1.29 is 120 Å². The number of nitrogens with zero attached hydrogens (tertiary/aromatic N) is 5. The van der Waals surface area contributed by atoms with Crippen LogP contribution in [0.15, 0.2) is 249 Å². The first-order valence-corrected chi connectivity index (χ1v) is 23.4. The van der Waals surface area contributed by atoms with Gasteiger partial charge < -0.3 is 35.1 Å². The number of allylic oxidation sites excluding steroid dienone is 1. The molecule has 0 amide bonds. The van der Waals surface area contributed by atoms with E-state index in [1.807, 2.05) is 171 Å². The Balaban J connectivity index is 0.000000474. The van der Waals surface area contributed by atoms with E-state index in [1.165, 1.54) is 42.0 Å². The molecule has 0 aliphatic heterocycles. The minimum Gasteiger partial charge on any atom is -0.513 e. The van der Waals surface area contributed by atoms with Crippen molar-refractivity contribution in [2.75, 3.05) is 0 Å². The van der Waals surface area contributed by atoms with E-state index in [0.717, 1.165) is 50.6 Å². The van der Waals surface area contributed by atoms with Gasteiger partial charge >= 0.3 is 0 Å². The number of rotatable bonds is 6. The molecule has 0 fully saturated rings. The molecular weight excluding hydrogens is 1880 g/mol. The topological polar surface area (TPSA) is 105 Å². The van der Waals surface area contributed by atoms with Crippen LogP contribution in [0.25, 0.3) is 67.1 Å². The van der Waals surface area contributed by atoms with Crippen molar-refractivity contribution in [3.63, 3.8) is 0 Å². The van der Waals surface area contributed by atoms with Crippen molar-refractivity contribution in [2.24, 2.45) is 0 Å². The number of aliphatic hydroxyl groups excluding tert-OH is 2. The Hall–Kier alpha value is -6.06. The molecule has 0 saturated carbocycles. The molecule has 5 radical (unpaired) electrons. The standard InChI is InChI=1S/C15H10N.C12H9FN.C11H7FN.2C11H8N.C5H10O2.5Ir/c1-2-7-13(8-3-1)15-14-9-5-4-6-12(14)10-11-16-15;1-9-6-7-14-12(8-9)10-4-2-3-5-11(10)13;12-10-6-4-9(5-7-10)11-3-1-2-8-13-11;2*1-2-6-10(7-3-1)11-8-4-5-9-12-11;1-4(6)3-5(2)7;;;;;/h1-7,9-11H;2-3,5-8H,1H3;1-4,6-8H;2*1-6,8-9H;3-4,6-7H,1-2H3;;;;;/q5*-1;;;;;;. The first-order valence-electron chi connectivity index (χ1n) is 23.4. The zero-order valence-corrected chi connectivity index (χ0v) is 54.7. The average Bonchev–Trinajstić information content (AvgIpc) is 3.46. The van der Waals surface area contributed by atoms with Gasteiger partial charge in [0.05, 0.1) is 11.9 Å². The third kappa shape index (κ3) is 25.3. The zero-order chi connectivity index (χ0) is 52.2. The molecule has 79 heavy (non-hydrogen) atoms. The number of benzene rings is 6. The number of fused-ring (bicyclic) bond motifs is 1. The van der Waals surface area contributed by atoms with Crippen LogP contribution in [0.4, 0.5) is 8.78 Å². The Kier molecular flexibility index (Phi) is 36.1. The van der Waals surface area contributed by atoms with Gasteiger partial charge in [-0.3, -0.25) is 8.78 Å². The van der Waals surface area contributed by atoms with Crippen LogP contribution < -0.4 is 0 Å². The summed E-state index contributed by atoms with van der Waals surface area (Å²) in [5.74, 6) is -0.403. The van der Waals surface area contributed by atoms with E-state index < -0.39 is 6.10 Å². The van der Waals surface area contributed by atoms with Crippen molar-refractivity contribution in [1.82, 2.24) is 24.9 Å². The fraction of sp³-hybridized carbons (Fsp3) is 0.0615. The molecule has 0 spiro atoms. The van der Waals surface area contributed by atoms with Gasteiger partial charge in [-0.25, -0.2) is 0 Å². The second-order valence-corrected chi connectivity index (χ2v) is 15.9. The molecule has 1 unspecified atom stereocenters. The van der Waals surface area contributed by atoms with E-state index in [4.69, 9.17) is 10.2 Å². The number of aryl methyl sites for hydroxylation is 1.